The van der Waals surface area contributed by atoms with E-state index in [1.165, 1.54) is 0 Å². The highest BCUT2D eigenvalue weighted by Gasteiger charge is 2.45. The zero-order valence-corrected chi connectivity index (χ0v) is 14.8. The van der Waals surface area contributed by atoms with Gasteiger partial charge in [-0.15, -0.1) is 0 Å². The fourth-order valence-corrected chi connectivity index (χ4v) is 3.84. The Morgan fingerprint density at radius 1 is 1.12 bits per heavy atom. The van der Waals surface area contributed by atoms with E-state index < -0.39 is 18.2 Å². The van der Waals surface area contributed by atoms with Crippen molar-refractivity contribution >= 4 is 11.8 Å². The molecule has 1 heterocycles. The van der Waals surface area contributed by atoms with Gasteiger partial charge in [0.1, 0.15) is 0 Å². The van der Waals surface area contributed by atoms with Crippen LogP contribution in [0.3, 0.4) is 0 Å². The van der Waals surface area contributed by atoms with Crippen molar-refractivity contribution in [3.63, 3.8) is 0 Å². The van der Waals surface area contributed by atoms with E-state index in [-0.39, 0.29) is 31.6 Å². The fraction of sp³-hybridized carbons (Fsp3) is 0.882. The first kappa shape index (κ1) is 20.0. The predicted molar refractivity (Wildman–Crippen MR) is 85.6 cm³/mol. The molecule has 1 aliphatic carbocycles. The highest BCUT2D eigenvalue weighted by Crippen LogP contribution is 2.33. The van der Waals surface area contributed by atoms with Crippen LogP contribution < -0.4 is 0 Å². The Morgan fingerprint density at radius 2 is 1.80 bits per heavy atom. The van der Waals surface area contributed by atoms with Crippen LogP contribution in [-0.2, 0) is 9.59 Å². The van der Waals surface area contributed by atoms with Gasteiger partial charge in [-0.1, -0.05) is 13.3 Å². The molecule has 0 spiro atoms. The van der Waals surface area contributed by atoms with Gasteiger partial charge in [-0.2, -0.15) is 13.2 Å². The number of hydrogen-bond acceptors (Lipinski definition) is 3. The van der Waals surface area contributed by atoms with E-state index in [4.69, 9.17) is 5.11 Å². The van der Waals surface area contributed by atoms with Crippen LogP contribution in [0, 0.1) is 11.8 Å². The molecule has 2 amide bonds. The molecule has 8 heteroatoms. The Morgan fingerprint density at radius 3 is 2.36 bits per heavy atom. The van der Waals surface area contributed by atoms with Crippen LogP contribution in [-0.4, -0.2) is 64.7 Å². The Balaban J connectivity index is 1.93. The number of aliphatic hydroxyl groups is 1. The summed E-state index contributed by atoms with van der Waals surface area (Å²) in [7, 11) is 0. The number of rotatable bonds is 3. The number of carbonyl (C=O) groups is 2. The first-order valence-electron chi connectivity index (χ1n) is 8.92. The van der Waals surface area contributed by atoms with E-state index in [1.54, 1.807) is 4.90 Å². The summed E-state index contributed by atoms with van der Waals surface area (Å²) in [5.74, 6) is -0.310. The van der Waals surface area contributed by atoms with Gasteiger partial charge in [0.05, 0.1) is 0 Å². The van der Waals surface area contributed by atoms with Gasteiger partial charge < -0.3 is 14.9 Å². The summed E-state index contributed by atoms with van der Waals surface area (Å²) in [4.78, 5) is 27.1. The zero-order chi connectivity index (χ0) is 18.8. The van der Waals surface area contributed by atoms with Crippen molar-refractivity contribution in [1.29, 1.82) is 0 Å². The second kappa shape index (κ2) is 7.93. The monoisotopic (exact) mass is 364 g/mol. The maximum Gasteiger partial charge on any atom is 0.423 e. The fourth-order valence-electron chi connectivity index (χ4n) is 3.84. The van der Waals surface area contributed by atoms with Crippen LogP contribution in [0.2, 0.25) is 0 Å². The number of nitrogens with zero attached hydrogens (tertiary/aromatic N) is 2. The highest BCUT2D eigenvalue weighted by molar-refractivity contribution is 5.82. The van der Waals surface area contributed by atoms with Crippen molar-refractivity contribution in [3.05, 3.63) is 0 Å². The van der Waals surface area contributed by atoms with Crippen LogP contribution in [0.5, 0.6) is 0 Å². The lowest BCUT2D eigenvalue weighted by molar-refractivity contribution is -0.210. The molecule has 1 saturated carbocycles. The van der Waals surface area contributed by atoms with E-state index in [0.29, 0.717) is 24.7 Å². The van der Waals surface area contributed by atoms with Gasteiger partial charge in [-0.25, -0.2) is 0 Å². The lowest BCUT2D eigenvalue weighted by Gasteiger charge is -2.28. The summed E-state index contributed by atoms with van der Waals surface area (Å²) in [6.07, 6.45) is -3.88. The lowest BCUT2D eigenvalue weighted by atomic mass is 10.0. The van der Waals surface area contributed by atoms with Crippen molar-refractivity contribution in [2.45, 2.75) is 64.3 Å². The van der Waals surface area contributed by atoms with Gasteiger partial charge in [0.25, 0.3) is 5.91 Å². The molecule has 25 heavy (non-hydrogen) atoms. The number of amides is 2. The molecule has 0 aromatic carbocycles. The van der Waals surface area contributed by atoms with E-state index in [1.807, 2.05) is 6.92 Å². The molecule has 4 unspecified atom stereocenters. The topological polar surface area (TPSA) is 60.9 Å². The summed E-state index contributed by atoms with van der Waals surface area (Å²) in [6, 6.07) is -0.132. The normalized spacial score (nSPS) is 29.4. The van der Waals surface area contributed by atoms with E-state index in [2.05, 4.69) is 6.92 Å². The third-order valence-electron chi connectivity index (χ3n) is 5.40. The largest absolute Gasteiger partial charge is 0.423 e. The van der Waals surface area contributed by atoms with E-state index in [0.717, 1.165) is 24.2 Å². The van der Waals surface area contributed by atoms with Gasteiger partial charge in [0, 0.05) is 32.1 Å². The van der Waals surface area contributed by atoms with E-state index in [9.17, 15) is 22.8 Å². The first-order valence-corrected chi connectivity index (χ1v) is 8.92. The quantitative estimate of drug-likeness (QED) is 0.835. The summed E-state index contributed by atoms with van der Waals surface area (Å²) in [5, 5.41) is 9.16. The van der Waals surface area contributed by atoms with Crippen LogP contribution in [0.25, 0.3) is 0 Å². The number of halogens is 3. The summed E-state index contributed by atoms with van der Waals surface area (Å²) in [5.41, 5.74) is 0. The summed E-state index contributed by atoms with van der Waals surface area (Å²) >= 11 is 0. The molecular formula is C17H27F3N2O3. The van der Waals surface area contributed by atoms with Gasteiger partial charge in [-0.3, -0.25) is 9.59 Å². The van der Waals surface area contributed by atoms with Crippen LogP contribution in [0.4, 0.5) is 13.2 Å². The molecule has 1 aliphatic heterocycles. The smallest absolute Gasteiger partial charge is 0.376 e. The minimum absolute atomic E-state index is 0.0114. The molecule has 2 aliphatic rings. The number of carbonyl (C=O) groups excluding carboxylic acids is 2. The molecule has 0 aromatic rings. The molecule has 144 valence electrons. The van der Waals surface area contributed by atoms with E-state index >= 15 is 0 Å². The molecule has 0 aromatic heterocycles. The average molecular weight is 364 g/mol. The summed E-state index contributed by atoms with van der Waals surface area (Å²) in [6.45, 7) is 4.36. The molecule has 1 saturated heterocycles. The van der Waals surface area contributed by atoms with Crippen molar-refractivity contribution in [1.82, 2.24) is 9.80 Å². The van der Waals surface area contributed by atoms with Crippen molar-refractivity contribution < 1.29 is 27.9 Å². The average Bonchev–Trinajstić information content (AvgIpc) is 2.82. The third kappa shape index (κ3) is 5.09. The van der Waals surface area contributed by atoms with Crippen LogP contribution in [0.1, 0.15) is 46.0 Å². The lowest BCUT2D eigenvalue weighted by Crippen LogP contribution is -2.47. The molecule has 0 bridgehead atoms. The molecule has 5 nitrogen and oxygen atoms in total. The molecule has 1 N–H and O–H groups in total. The maximum absolute atomic E-state index is 12.6. The van der Waals surface area contributed by atoms with Crippen molar-refractivity contribution in [3.8, 4) is 0 Å². The van der Waals surface area contributed by atoms with Gasteiger partial charge >= 0.3 is 6.18 Å². The Bertz CT molecular complexity index is 498. The molecular weight excluding hydrogens is 337 g/mol. The third-order valence-corrected chi connectivity index (χ3v) is 5.40. The minimum Gasteiger partial charge on any atom is -0.376 e. The number of hydrogen-bond donors (Lipinski definition) is 1. The van der Waals surface area contributed by atoms with Gasteiger partial charge in [-0.05, 0) is 38.0 Å². The molecule has 2 fully saturated rings. The predicted octanol–water partition coefficient (Wildman–Crippen LogP) is 2.19. The van der Waals surface area contributed by atoms with Gasteiger partial charge in [0.15, 0.2) is 0 Å². The number of aliphatic hydroxyl groups excluding tert-OH is 1. The second-order valence-electron chi connectivity index (χ2n) is 7.48. The SMILES string of the molecule is CC1CCC(CC(=O)N2CCN(C(=O)C(O)C(F)(F)F)CCC2C)C1. The summed E-state index contributed by atoms with van der Waals surface area (Å²) < 4.78 is 37.6. The molecule has 4 atom stereocenters. The Labute approximate surface area is 146 Å². The van der Waals surface area contributed by atoms with Gasteiger partial charge in [0.2, 0.25) is 12.0 Å². The highest BCUT2D eigenvalue weighted by atomic mass is 19.4. The zero-order valence-electron chi connectivity index (χ0n) is 14.8. The Hall–Kier alpha value is -1.31. The minimum atomic E-state index is -4.97. The molecule has 0 radical (unpaired) electrons. The number of alkyl halides is 3. The maximum atomic E-state index is 12.6. The standard InChI is InChI=1S/C17H27F3N2O3/c1-11-3-4-13(9-11)10-14(23)22-8-7-21(6-5-12(22)2)16(25)15(24)17(18,19)20/h11-13,15,24H,3-10H2,1-2H3. The van der Waals surface area contributed by atoms with Crippen LogP contribution in [0.15, 0.2) is 0 Å². The molecule has 2 rings (SSSR count). The first-order chi connectivity index (χ1) is 11.6. The Kier molecular flexibility index (Phi) is 6.35. The van der Waals surface area contributed by atoms with Crippen LogP contribution >= 0.6 is 0 Å². The second-order valence-corrected chi connectivity index (χ2v) is 7.48. The van der Waals surface area contributed by atoms with Crippen molar-refractivity contribution in [2.24, 2.45) is 11.8 Å². The van der Waals surface area contributed by atoms with Crippen molar-refractivity contribution in [2.75, 3.05) is 19.6 Å².